The molecule has 3 heterocycles. The van der Waals surface area contributed by atoms with Crippen molar-refractivity contribution in [2.24, 2.45) is 0 Å². The average Bonchev–Trinajstić information content (AvgIpc) is 3.02. The number of carbonyl (C=O) groups excluding carboxylic acids is 1. The normalized spacial score (nSPS) is 44.7. The predicted molar refractivity (Wildman–Crippen MR) is 88.9 cm³/mol. The molecule has 2 saturated heterocycles. The Bertz CT molecular complexity index is 767. The van der Waals surface area contributed by atoms with E-state index < -0.39 is 6.10 Å². The zero-order valence-corrected chi connectivity index (χ0v) is 14.7. The number of Topliss-reactive ketones (excluding diaryl/α,β-unsaturated/α-hetero) is 1. The number of hydrogen-bond acceptors (Lipinski definition) is 5. The Morgan fingerprint density at radius 2 is 2.26 bits per heavy atom. The van der Waals surface area contributed by atoms with Crippen LogP contribution in [0.5, 0.6) is 11.5 Å². The van der Waals surface area contributed by atoms with Crippen LogP contribution < -0.4 is 7.80 Å². The standard InChI is InChI=1S/C17H16INO4/c18-23-11-2-1-9-7-12-17-4-3-10(20)15-16(17,13(9)14(11)22-15)5-6-19(12)8-21-17/h1-2,12,15H,3-8H2/t12-,15+,16+,17-/m1/s1. The van der Waals surface area contributed by atoms with Gasteiger partial charge in [-0.3, -0.25) is 9.69 Å². The summed E-state index contributed by atoms with van der Waals surface area (Å²) in [5, 5.41) is 0. The molecule has 6 heteroatoms. The Hall–Kier alpha value is -0.860. The van der Waals surface area contributed by atoms with E-state index in [1.807, 2.05) is 29.1 Å². The van der Waals surface area contributed by atoms with Crippen molar-refractivity contribution in [1.29, 1.82) is 0 Å². The van der Waals surface area contributed by atoms with Crippen molar-refractivity contribution in [1.82, 2.24) is 4.90 Å². The summed E-state index contributed by atoms with van der Waals surface area (Å²) in [5.74, 6) is 1.75. The predicted octanol–water partition coefficient (Wildman–Crippen LogP) is 2.13. The Balaban J connectivity index is 1.72. The van der Waals surface area contributed by atoms with E-state index in [0.717, 1.165) is 37.3 Å². The second-order valence-electron chi connectivity index (χ2n) is 7.38. The summed E-state index contributed by atoms with van der Waals surface area (Å²) in [6, 6.07) is 4.51. The van der Waals surface area contributed by atoms with Gasteiger partial charge in [0.15, 0.2) is 46.4 Å². The summed E-state index contributed by atoms with van der Waals surface area (Å²) in [6.45, 7) is 1.67. The third-order valence-corrected chi connectivity index (χ3v) is 7.36. The van der Waals surface area contributed by atoms with Crippen LogP contribution in [0.15, 0.2) is 12.1 Å². The maximum Gasteiger partial charge on any atom is 0.192 e. The highest BCUT2D eigenvalue weighted by molar-refractivity contribution is 14.1. The van der Waals surface area contributed by atoms with Crippen LogP contribution >= 0.6 is 23.0 Å². The lowest BCUT2D eigenvalue weighted by atomic mass is 9.49. The minimum absolute atomic E-state index is 0.224. The van der Waals surface area contributed by atoms with Crippen molar-refractivity contribution in [3.63, 3.8) is 0 Å². The van der Waals surface area contributed by atoms with E-state index in [-0.39, 0.29) is 16.8 Å². The smallest absolute Gasteiger partial charge is 0.192 e. The Morgan fingerprint density at radius 1 is 1.35 bits per heavy atom. The fourth-order valence-electron chi connectivity index (χ4n) is 6.08. The summed E-state index contributed by atoms with van der Waals surface area (Å²) in [7, 11) is 0. The maximum atomic E-state index is 12.8. The molecule has 3 fully saturated rings. The third kappa shape index (κ3) is 1.24. The summed E-state index contributed by atoms with van der Waals surface area (Å²) >= 11 is 1.89. The second kappa shape index (κ2) is 4.03. The van der Waals surface area contributed by atoms with Crippen LogP contribution in [0.2, 0.25) is 0 Å². The molecule has 2 aliphatic carbocycles. The van der Waals surface area contributed by atoms with Crippen LogP contribution in [-0.2, 0) is 21.4 Å². The number of hydrogen-bond donors (Lipinski definition) is 0. The molecule has 23 heavy (non-hydrogen) atoms. The van der Waals surface area contributed by atoms with Crippen LogP contribution in [0, 0.1) is 0 Å². The van der Waals surface area contributed by atoms with E-state index in [1.165, 1.54) is 11.1 Å². The lowest BCUT2D eigenvalue weighted by molar-refractivity contribution is -0.159. The SMILES string of the molecule is O=C1CC[C@]23OCN4CC[C@@]25c2c(ccc(OI)c2O[C@@H]15)C[C@@H]43. The molecule has 5 nitrogen and oxygen atoms in total. The molecule has 0 aromatic heterocycles. The molecule has 1 unspecified atom stereocenters. The average molecular weight is 425 g/mol. The lowest BCUT2D eigenvalue weighted by Crippen LogP contribution is -2.73. The molecule has 1 aromatic carbocycles. The molecule has 6 rings (SSSR count). The van der Waals surface area contributed by atoms with Gasteiger partial charge in [0, 0.05) is 24.6 Å². The highest BCUT2D eigenvalue weighted by atomic mass is 127. The zero-order chi connectivity index (χ0) is 15.4. The molecule has 5 aliphatic rings. The molecule has 3 aliphatic heterocycles. The summed E-state index contributed by atoms with van der Waals surface area (Å²) < 4.78 is 18.2. The highest BCUT2D eigenvalue weighted by Gasteiger charge is 2.76. The Kier molecular flexibility index (Phi) is 2.35. The lowest BCUT2D eigenvalue weighted by Gasteiger charge is -2.59. The van der Waals surface area contributed by atoms with Gasteiger partial charge in [0.25, 0.3) is 0 Å². The van der Waals surface area contributed by atoms with Gasteiger partial charge in [-0.05, 0) is 30.9 Å². The van der Waals surface area contributed by atoms with E-state index in [4.69, 9.17) is 12.5 Å². The van der Waals surface area contributed by atoms with E-state index >= 15 is 0 Å². The van der Waals surface area contributed by atoms with Crippen LogP contribution in [-0.4, -0.2) is 41.7 Å². The first-order chi connectivity index (χ1) is 11.2. The van der Waals surface area contributed by atoms with Crippen molar-refractivity contribution in [2.45, 2.75) is 48.8 Å². The minimum atomic E-state index is -0.402. The van der Waals surface area contributed by atoms with Gasteiger partial charge >= 0.3 is 0 Å². The summed E-state index contributed by atoms with van der Waals surface area (Å²) in [6.07, 6.45) is 2.89. The van der Waals surface area contributed by atoms with E-state index in [1.54, 1.807) is 0 Å². The second-order valence-corrected chi connectivity index (χ2v) is 7.83. The fraction of sp³-hybridized carbons (Fsp3) is 0.588. The molecule has 120 valence electrons. The first kappa shape index (κ1) is 13.4. The number of carbonyl (C=O) groups is 1. The maximum absolute atomic E-state index is 12.8. The highest BCUT2D eigenvalue weighted by Crippen LogP contribution is 2.67. The molecule has 1 saturated carbocycles. The zero-order valence-electron chi connectivity index (χ0n) is 12.5. The Morgan fingerprint density at radius 3 is 3.13 bits per heavy atom. The first-order valence-corrected chi connectivity index (χ1v) is 9.12. The van der Waals surface area contributed by atoms with Crippen molar-refractivity contribution in [2.75, 3.05) is 13.3 Å². The largest absolute Gasteiger partial charge is 0.477 e. The molecule has 0 amide bonds. The van der Waals surface area contributed by atoms with E-state index in [0.29, 0.717) is 19.2 Å². The number of rotatable bonds is 1. The van der Waals surface area contributed by atoms with Crippen LogP contribution in [0.1, 0.15) is 30.4 Å². The number of nitrogens with zero attached hydrogens (tertiary/aromatic N) is 1. The Labute approximate surface area is 147 Å². The topological polar surface area (TPSA) is 48.0 Å². The molecule has 1 aromatic rings. The summed E-state index contributed by atoms with van der Waals surface area (Å²) in [5.41, 5.74) is 1.95. The van der Waals surface area contributed by atoms with Crippen molar-refractivity contribution >= 4 is 28.8 Å². The third-order valence-electron chi connectivity index (χ3n) is 6.88. The van der Waals surface area contributed by atoms with Gasteiger partial charge in [-0.15, -0.1) is 0 Å². The summed E-state index contributed by atoms with van der Waals surface area (Å²) in [4.78, 5) is 15.2. The van der Waals surface area contributed by atoms with Crippen LogP contribution in [0.25, 0.3) is 0 Å². The van der Waals surface area contributed by atoms with Gasteiger partial charge in [0.2, 0.25) is 0 Å². The van der Waals surface area contributed by atoms with Gasteiger partial charge in [0.1, 0.15) is 12.3 Å². The monoisotopic (exact) mass is 425 g/mol. The van der Waals surface area contributed by atoms with E-state index in [2.05, 4.69) is 11.0 Å². The number of ether oxygens (including phenoxy) is 2. The number of halogens is 1. The molecule has 0 N–H and O–H groups in total. The number of benzene rings is 1. The van der Waals surface area contributed by atoms with Crippen LogP contribution in [0.4, 0.5) is 0 Å². The van der Waals surface area contributed by atoms with Crippen molar-refractivity contribution in [3.8, 4) is 11.5 Å². The van der Waals surface area contributed by atoms with E-state index in [9.17, 15) is 4.79 Å². The molecule has 5 atom stereocenters. The van der Waals surface area contributed by atoms with Gasteiger partial charge in [-0.1, -0.05) is 6.07 Å². The van der Waals surface area contributed by atoms with Crippen molar-refractivity contribution in [3.05, 3.63) is 23.3 Å². The molecule has 0 radical (unpaired) electrons. The van der Waals surface area contributed by atoms with Gasteiger partial charge in [0.05, 0.1) is 5.41 Å². The van der Waals surface area contributed by atoms with Crippen LogP contribution in [0.3, 0.4) is 0 Å². The molecular formula is C17H16INO4. The number of ketones is 1. The van der Waals surface area contributed by atoms with Gasteiger partial charge in [-0.25, -0.2) is 0 Å². The minimum Gasteiger partial charge on any atom is -0.477 e. The van der Waals surface area contributed by atoms with Gasteiger partial charge in [-0.2, -0.15) is 0 Å². The van der Waals surface area contributed by atoms with Crippen molar-refractivity contribution < 1.29 is 17.3 Å². The number of piperidine rings is 1. The molecule has 4 bridgehead atoms. The first-order valence-electron chi connectivity index (χ1n) is 8.24. The molecular weight excluding hydrogens is 409 g/mol. The fourth-order valence-corrected chi connectivity index (χ4v) is 6.43. The quantitative estimate of drug-likeness (QED) is 0.646. The molecule has 2 spiro atoms. The van der Waals surface area contributed by atoms with Gasteiger partial charge < -0.3 is 12.5 Å².